The fourth-order valence-electron chi connectivity index (χ4n) is 2.67. The molecule has 140 valence electrons. The number of rotatable bonds is 5. The van der Waals surface area contributed by atoms with Gasteiger partial charge in [-0.25, -0.2) is 0 Å². The van der Waals surface area contributed by atoms with Crippen LogP contribution in [0.5, 0.6) is 11.5 Å². The van der Waals surface area contributed by atoms with E-state index in [0.717, 1.165) is 16.7 Å². The van der Waals surface area contributed by atoms with Gasteiger partial charge in [-0.2, -0.15) is 0 Å². The van der Waals surface area contributed by atoms with Crippen LogP contribution in [-0.2, 0) is 11.2 Å². The van der Waals surface area contributed by atoms with Crippen LogP contribution >= 0.6 is 24.0 Å². The third kappa shape index (κ3) is 4.81. The normalized spacial score (nSPS) is 13.5. The fraction of sp³-hybridized carbons (Fsp3) is 0.316. The molecule has 1 aliphatic rings. The molecule has 0 spiro atoms. The number of benzene rings is 2. The molecule has 0 radical (unpaired) electrons. The summed E-state index contributed by atoms with van der Waals surface area (Å²) in [7, 11) is 0. The average molecular weight is 397 g/mol. The quantitative estimate of drug-likeness (QED) is 0.813. The van der Waals surface area contributed by atoms with E-state index in [4.69, 9.17) is 26.8 Å². The van der Waals surface area contributed by atoms with E-state index in [-0.39, 0.29) is 18.3 Å². The van der Waals surface area contributed by atoms with E-state index >= 15 is 0 Å². The predicted octanol–water partition coefficient (Wildman–Crippen LogP) is 3.20. The fourth-order valence-corrected chi connectivity index (χ4v) is 2.96. The van der Waals surface area contributed by atoms with Crippen LogP contribution < -0.4 is 20.5 Å². The van der Waals surface area contributed by atoms with E-state index in [9.17, 15) is 4.79 Å². The number of halogens is 2. The van der Waals surface area contributed by atoms with E-state index in [1.165, 1.54) is 0 Å². The van der Waals surface area contributed by atoms with Crippen LogP contribution in [0.2, 0.25) is 5.02 Å². The molecule has 0 aromatic heterocycles. The Labute approximate surface area is 164 Å². The van der Waals surface area contributed by atoms with Gasteiger partial charge in [0.15, 0.2) is 11.5 Å². The van der Waals surface area contributed by atoms with E-state index in [0.29, 0.717) is 42.7 Å². The van der Waals surface area contributed by atoms with Gasteiger partial charge in [0.05, 0.1) is 5.02 Å². The number of hydrogen-bond acceptors (Lipinski definition) is 4. The van der Waals surface area contributed by atoms with Crippen molar-refractivity contribution in [2.45, 2.75) is 19.4 Å². The third-order valence-electron chi connectivity index (χ3n) is 4.09. The monoisotopic (exact) mass is 396 g/mol. The standard InChI is InChI=1S/C19H21ClN2O3.ClH/c1-12-2-4-14(5-3-12)17(21)19(23)22-7-6-13-10-15(20)18-16(11-13)24-8-9-25-18;/h2-5,10-11,17H,6-9,21H2,1H3,(H,22,23);1H. The minimum atomic E-state index is -0.676. The molecule has 1 atom stereocenters. The number of carbonyl (C=O) groups is 1. The Morgan fingerprint density at radius 1 is 1.23 bits per heavy atom. The third-order valence-corrected chi connectivity index (χ3v) is 4.37. The first-order valence-corrected chi connectivity index (χ1v) is 8.60. The highest BCUT2D eigenvalue weighted by Crippen LogP contribution is 2.38. The Kier molecular flexibility index (Phi) is 7.14. The van der Waals surface area contributed by atoms with Crippen molar-refractivity contribution in [3.8, 4) is 11.5 Å². The molecule has 3 rings (SSSR count). The van der Waals surface area contributed by atoms with Crippen LogP contribution in [0.1, 0.15) is 22.7 Å². The molecule has 1 amide bonds. The summed E-state index contributed by atoms with van der Waals surface area (Å²) in [6.45, 7) is 3.47. The van der Waals surface area contributed by atoms with Gasteiger partial charge in [0.2, 0.25) is 5.91 Å². The van der Waals surface area contributed by atoms with Gasteiger partial charge in [0.25, 0.3) is 0 Å². The number of aryl methyl sites for hydroxylation is 1. The van der Waals surface area contributed by atoms with E-state index in [2.05, 4.69) is 5.32 Å². The molecule has 0 saturated carbocycles. The molecule has 26 heavy (non-hydrogen) atoms. The molecule has 1 unspecified atom stereocenters. The molecule has 7 heteroatoms. The number of fused-ring (bicyclic) bond motifs is 1. The van der Waals surface area contributed by atoms with Gasteiger partial charge in [-0.1, -0.05) is 41.4 Å². The van der Waals surface area contributed by atoms with Crippen LogP contribution in [0, 0.1) is 6.92 Å². The lowest BCUT2D eigenvalue weighted by Crippen LogP contribution is -2.35. The largest absolute Gasteiger partial charge is 0.486 e. The second kappa shape index (κ2) is 9.12. The molecular formula is C19H22Cl2N2O3. The SMILES string of the molecule is Cc1ccc(C(N)C(=O)NCCc2cc(Cl)c3c(c2)OCCO3)cc1.Cl. The number of carbonyl (C=O) groups excluding carboxylic acids is 1. The molecule has 0 bridgehead atoms. The maximum Gasteiger partial charge on any atom is 0.241 e. The lowest BCUT2D eigenvalue weighted by Gasteiger charge is -2.20. The first-order chi connectivity index (χ1) is 12.0. The summed E-state index contributed by atoms with van der Waals surface area (Å²) in [6.07, 6.45) is 0.628. The van der Waals surface area contributed by atoms with Gasteiger partial charge in [-0.05, 0) is 36.6 Å². The van der Waals surface area contributed by atoms with Crippen molar-refractivity contribution in [2.75, 3.05) is 19.8 Å². The average Bonchev–Trinajstić information content (AvgIpc) is 2.62. The van der Waals surface area contributed by atoms with Gasteiger partial charge >= 0.3 is 0 Å². The zero-order valence-electron chi connectivity index (χ0n) is 14.5. The van der Waals surface area contributed by atoms with E-state index in [1.807, 2.05) is 43.3 Å². The van der Waals surface area contributed by atoms with Crippen LogP contribution in [0.4, 0.5) is 0 Å². The number of ether oxygens (including phenoxy) is 2. The van der Waals surface area contributed by atoms with Crippen molar-refractivity contribution in [1.29, 1.82) is 0 Å². The van der Waals surface area contributed by atoms with Crippen LogP contribution in [0.3, 0.4) is 0 Å². The molecule has 3 N–H and O–H groups in total. The summed E-state index contributed by atoms with van der Waals surface area (Å²) < 4.78 is 11.1. The topological polar surface area (TPSA) is 73.6 Å². The van der Waals surface area contributed by atoms with Crippen LogP contribution in [0.15, 0.2) is 36.4 Å². The summed E-state index contributed by atoms with van der Waals surface area (Å²) in [4.78, 5) is 12.2. The lowest BCUT2D eigenvalue weighted by atomic mass is 10.1. The van der Waals surface area contributed by atoms with E-state index < -0.39 is 6.04 Å². The van der Waals surface area contributed by atoms with Crippen molar-refractivity contribution in [3.05, 3.63) is 58.1 Å². The Morgan fingerprint density at radius 2 is 1.92 bits per heavy atom. The van der Waals surface area contributed by atoms with E-state index in [1.54, 1.807) is 0 Å². The van der Waals surface area contributed by atoms with Crippen LogP contribution in [0.25, 0.3) is 0 Å². The van der Waals surface area contributed by atoms with Crippen molar-refractivity contribution in [3.63, 3.8) is 0 Å². The molecule has 0 aliphatic carbocycles. The zero-order chi connectivity index (χ0) is 17.8. The van der Waals surface area contributed by atoms with Gasteiger partial charge in [0.1, 0.15) is 19.3 Å². The maximum atomic E-state index is 12.2. The Bertz CT molecular complexity index is 766. The summed E-state index contributed by atoms with van der Waals surface area (Å²) in [5, 5.41) is 3.39. The van der Waals surface area contributed by atoms with Crippen LogP contribution in [-0.4, -0.2) is 25.7 Å². The smallest absolute Gasteiger partial charge is 0.241 e. The summed E-state index contributed by atoms with van der Waals surface area (Å²) in [6, 6.07) is 10.7. The van der Waals surface area contributed by atoms with Crippen molar-refractivity contribution in [2.24, 2.45) is 5.73 Å². The molecular weight excluding hydrogens is 375 g/mol. The second-order valence-electron chi connectivity index (χ2n) is 6.03. The highest BCUT2D eigenvalue weighted by molar-refractivity contribution is 6.32. The highest BCUT2D eigenvalue weighted by Gasteiger charge is 2.18. The minimum absolute atomic E-state index is 0. The first kappa shape index (κ1) is 20.4. The second-order valence-corrected chi connectivity index (χ2v) is 6.44. The van der Waals surface area contributed by atoms with Crippen molar-refractivity contribution in [1.82, 2.24) is 5.32 Å². The minimum Gasteiger partial charge on any atom is -0.486 e. The van der Waals surface area contributed by atoms with Gasteiger partial charge < -0.3 is 20.5 Å². The number of nitrogens with two attached hydrogens (primary N) is 1. The first-order valence-electron chi connectivity index (χ1n) is 8.22. The lowest BCUT2D eigenvalue weighted by molar-refractivity contribution is -0.122. The number of nitrogens with one attached hydrogen (secondary N) is 1. The summed E-state index contributed by atoms with van der Waals surface area (Å²) >= 11 is 6.22. The molecule has 2 aromatic rings. The van der Waals surface area contributed by atoms with Crippen molar-refractivity contribution < 1.29 is 14.3 Å². The number of amides is 1. The van der Waals surface area contributed by atoms with Gasteiger partial charge in [-0.15, -0.1) is 12.4 Å². The van der Waals surface area contributed by atoms with Gasteiger partial charge in [-0.3, -0.25) is 4.79 Å². The molecule has 1 aliphatic heterocycles. The molecule has 1 heterocycles. The Hall–Kier alpha value is -1.95. The van der Waals surface area contributed by atoms with Crippen molar-refractivity contribution >= 4 is 29.9 Å². The maximum absolute atomic E-state index is 12.2. The molecule has 2 aromatic carbocycles. The molecule has 5 nitrogen and oxygen atoms in total. The Balaban J connectivity index is 0.00000243. The predicted molar refractivity (Wildman–Crippen MR) is 105 cm³/mol. The molecule has 0 saturated heterocycles. The molecule has 0 fully saturated rings. The zero-order valence-corrected chi connectivity index (χ0v) is 16.0. The number of hydrogen-bond donors (Lipinski definition) is 2. The van der Waals surface area contributed by atoms with Gasteiger partial charge in [0, 0.05) is 6.54 Å². The summed E-state index contributed by atoms with van der Waals surface area (Å²) in [5.74, 6) is 1.03. The highest BCUT2D eigenvalue weighted by atomic mass is 35.5. The Morgan fingerprint density at radius 3 is 2.65 bits per heavy atom. The summed E-state index contributed by atoms with van der Waals surface area (Å²) in [5.41, 5.74) is 8.91.